The summed E-state index contributed by atoms with van der Waals surface area (Å²) in [6, 6.07) is 18.6. The molecule has 0 aliphatic rings. The van der Waals surface area contributed by atoms with E-state index in [1.165, 1.54) is 4.31 Å². The highest BCUT2D eigenvalue weighted by Crippen LogP contribution is 2.28. The second-order valence-electron chi connectivity index (χ2n) is 9.06. The van der Waals surface area contributed by atoms with Gasteiger partial charge < -0.3 is 9.72 Å². The molecule has 0 aliphatic heterocycles. The zero-order valence-corrected chi connectivity index (χ0v) is 21.5. The largest absolute Gasteiger partial charge is 0.497 e. The first-order chi connectivity index (χ1) is 16.6. The van der Waals surface area contributed by atoms with Gasteiger partial charge in [0.25, 0.3) is 5.56 Å². The molecule has 0 amide bonds. The number of nitrogens with zero attached hydrogens (tertiary/aromatic N) is 1. The third-order valence-corrected chi connectivity index (χ3v) is 8.24. The van der Waals surface area contributed by atoms with E-state index in [9.17, 15) is 13.2 Å². The number of ether oxygens (including phenoxy) is 1. The average Bonchev–Trinajstić information content (AvgIpc) is 2.78. The molecule has 0 unspecified atom stereocenters. The lowest BCUT2D eigenvalue weighted by Crippen LogP contribution is -2.33. The number of aryl methyl sites for hydroxylation is 4. The predicted molar refractivity (Wildman–Crippen MR) is 139 cm³/mol. The topological polar surface area (TPSA) is 79.5 Å². The normalized spacial score (nSPS) is 11.8. The van der Waals surface area contributed by atoms with E-state index in [-0.39, 0.29) is 23.5 Å². The van der Waals surface area contributed by atoms with Gasteiger partial charge in [0.05, 0.1) is 12.0 Å². The number of methoxy groups -OCH3 is 1. The van der Waals surface area contributed by atoms with Gasteiger partial charge in [-0.25, -0.2) is 8.42 Å². The molecule has 0 saturated carbocycles. The number of hydrogen-bond acceptors (Lipinski definition) is 4. The molecule has 0 aliphatic carbocycles. The molecule has 1 aromatic heterocycles. The molecule has 0 fully saturated rings. The second-order valence-corrected chi connectivity index (χ2v) is 10.9. The van der Waals surface area contributed by atoms with Crippen LogP contribution in [-0.2, 0) is 23.1 Å². The number of pyridine rings is 1. The van der Waals surface area contributed by atoms with E-state index in [1.54, 1.807) is 25.3 Å². The fourth-order valence-electron chi connectivity index (χ4n) is 4.53. The maximum absolute atomic E-state index is 14.0. The minimum atomic E-state index is -3.92. The van der Waals surface area contributed by atoms with E-state index in [4.69, 9.17) is 4.74 Å². The molecule has 6 nitrogen and oxygen atoms in total. The van der Waals surface area contributed by atoms with Gasteiger partial charge in [-0.1, -0.05) is 42.0 Å². The van der Waals surface area contributed by atoms with Gasteiger partial charge in [-0.15, -0.1) is 0 Å². The maximum atomic E-state index is 14.0. The number of benzene rings is 3. The van der Waals surface area contributed by atoms with Crippen LogP contribution in [0.2, 0.25) is 0 Å². The smallest absolute Gasteiger partial charge is 0.252 e. The number of aromatic nitrogens is 1. The zero-order valence-electron chi connectivity index (χ0n) is 20.7. The molecular weight excluding hydrogens is 460 g/mol. The van der Waals surface area contributed by atoms with Crippen molar-refractivity contribution in [2.45, 2.75) is 45.7 Å². The second kappa shape index (κ2) is 9.68. The van der Waals surface area contributed by atoms with Crippen LogP contribution in [0.25, 0.3) is 10.9 Å². The molecule has 0 atom stereocenters. The third kappa shape index (κ3) is 5.16. The lowest BCUT2D eigenvalue weighted by atomic mass is 10.1. The number of fused-ring (bicyclic) bond motifs is 1. The van der Waals surface area contributed by atoms with Crippen molar-refractivity contribution >= 4 is 20.9 Å². The Balaban J connectivity index is 1.81. The number of H-pyrrole nitrogens is 1. The molecule has 182 valence electrons. The number of hydrogen-bond donors (Lipinski definition) is 1. The highest BCUT2D eigenvalue weighted by molar-refractivity contribution is 7.89. The zero-order chi connectivity index (χ0) is 25.3. The van der Waals surface area contributed by atoms with Crippen molar-refractivity contribution in [1.82, 2.24) is 9.29 Å². The van der Waals surface area contributed by atoms with Crippen molar-refractivity contribution in [3.8, 4) is 5.75 Å². The first-order valence-electron chi connectivity index (χ1n) is 11.4. The molecule has 4 aromatic rings. The van der Waals surface area contributed by atoms with Gasteiger partial charge in [0.1, 0.15) is 5.75 Å². The van der Waals surface area contributed by atoms with E-state index in [0.29, 0.717) is 22.4 Å². The number of aromatic amines is 1. The fourth-order valence-corrected chi connectivity index (χ4v) is 6.35. The van der Waals surface area contributed by atoms with Gasteiger partial charge in [-0.3, -0.25) is 4.79 Å². The fraction of sp³-hybridized carbons (Fsp3) is 0.250. The summed E-state index contributed by atoms with van der Waals surface area (Å²) in [5, 5.41) is 0.856. The summed E-state index contributed by atoms with van der Waals surface area (Å²) in [6.07, 6.45) is 0. The van der Waals surface area contributed by atoms with E-state index < -0.39 is 10.0 Å². The van der Waals surface area contributed by atoms with Crippen LogP contribution in [0.4, 0.5) is 0 Å². The Labute approximate surface area is 206 Å². The lowest BCUT2D eigenvalue weighted by molar-refractivity contribution is 0.397. The van der Waals surface area contributed by atoms with Crippen molar-refractivity contribution in [3.63, 3.8) is 0 Å². The third-order valence-electron chi connectivity index (χ3n) is 6.15. The minimum Gasteiger partial charge on any atom is -0.497 e. The van der Waals surface area contributed by atoms with Crippen molar-refractivity contribution in [3.05, 3.63) is 104 Å². The van der Waals surface area contributed by atoms with Crippen LogP contribution in [0.15, 0.2) is 70.4 Å². The summed E-state index contributed by atoms with van der Waals surface area (Å²) in [7, 11) is -2.33. The van der Waals surface area contributed by atoms with E-state index in [0.717, 1.165) is 27.6 Å². The van der Waals surface area contributed by atoms with Gasteiger partial charge in [-0.2, -0.15) is 4.31 Å². The molecular formula is C28H30N2O4S. The SMILES string of the molecule is COc1ccc(CN(Cc2cc3ccc(C)cc3[nH]c2=O)S(=O)(=O)c2c(C)cc(C)cc2C)cc1. The van der Waals surface area contributed by atoms with E-state index in [2.05, 4.69) is 4.98 Å². The molecule has 0 saturated heterocycles. The van der Waals surface area contributed by atoms with E-state index >= 15 is 0 Å². The average molecular weight is 491 g/mol. The van der Waals surface area contributed by atoms with Crippen molar-refractivity contribution in [1.29, 1.82) is 0 Å². The van der Waals surface area contributed by atoms with Crippen LogP contribution in [0, 0.1) is 27.7 Å². The Kier molecular flexibility index (Phi) is 6.83. The highest BCUT2D eigenvalue weighted by atomic mass is 32.2. The van der Waals surface area contributed by atoms with Crippen LogP contribution in [0.3, 0.4) is 0 Å². The number of sulfonamides is 1. The van der Waals surface area contributed by atoms with E-state index in [1.807, 2.05) is 70.2 Å². The van der Waals surface area contributed by atoms with Crippen molar-refractivity contribution < 1.29 is 13.2 Å². The summed E-state index contributed by atoms with van der Waals surface area (Å²) in [4.78, 5) is 16.2. The molecule has 0 radical (unpaired) electrons. The summed E-state index contributed by atoms with van der Waals surface area (Å²) in [5.41, 5.74) is 5.03. The molecule has 3 aromatic carbocycles. The van der Waals surface area contributed by atoms with Gasteiger partial charge in [-0.05, 0) is 79.6 Å². The number of nitrogens with one attached hydrogen (secondary N) is 1. The molecule has 35 heavy (non-hydrogen) atoms. The minimum absolute atomic E-state index is 0.0553. The lowest BCUT2D eigenvalue weighted by Gasteiger charge is -2.25. The first kappa shape index (κ1) is 24.7. The van der Waals surface area contributed by atoms with Gasteiger partial charge in [0.15, 0.2) is 0 Å². The summed E-state index contributed by atoms with van der Waals surface area (Å²) in [6.45, 7) is 7.58. The van der Waals surface area contributed by atoms with Crippen LogP contribution < -0.4 is 10.3 Å². The summed E-state index contributed by atoms with van der Waals surface area (Å²) in [5.74, 6) is 0.689. The number of rotatable bonds is 7. The van der Waals surface area contributed by atoms with Gasteiger partial charge >= 0.3 is 0 Å². The Morgan fingerprint density at radius 2 is 1.49 bits per heavy atom. The molecule has 1 heterocycles. The van der Waals surface area contributed by atoms with Gasteiger partial charge in [0, 0.05) is 24.2 Å². The summed E-state index contributed by atoms with van der Waals surface area (Å²) >= 11 is 0. The molecule has 1 N–H and O–H groups in total. The Hall–Kier alpha value is -3.42. The molecule has 0 spiro atoms. The predicted octanol–water partition coefficient (Wildman–Crippen LogP) is 5.16. The maximum Gasteiger partial charge on any atom is 0.252 e. The van der Waals surface area contributed by atoms with Crippen molar-refractivity contribution in [2.24, 2.45) is 0 Å². The molecule has 0 bridgehead atoms. The first-order valence-corrected chi connectivity index (χ1v) is 12.9. The van der Waals surface area contributed by atoms with Crippen LogP contribution >= 0.6 is 0 Å². The monoisotopic (exact) mass is 490 g/mol. The summed E-state index contributed by atoms with van der Waals surface area (Å²) < 4.78 is 34.7. The van der Waals surface area contributed by atoms with Crippen LogP contribution in [0.5, 0.6) is 5.75 Å². The van der Waals surface area contributed by atoms with Crippen LogP contribution in [-0.4, -0.2) is 24.8 Å². The van der Waals surface area contributed by atoms with Gasteiger partial charge in [0.2, 0.25) is 10.0 Å². The molecule has 7 heteroatoms. The Morgan fingerprint density at radius 1 is 0.829 bits per heavy atom. The Morgan fingerprint density at radius 3 is 2.11 bits per heavy atom. The Bertz CT molecular complexity index is 1530. The quantitative estimate of drug-likeness (QED) is 0.388. The van der Waals surface area contributed by atoms with Crippen molar-refractivity contribution in [2.75, 3.05) is 7.11 Å². The molecule has 4 rings (SSSR count). The highest BCUT2D eigenvalue weighted by Gasteiger charge is 2.29. The van der Waals surface area contributed by atoms with Crippen LogP contribution in [0.1, 0.15) is 33.4 Å². The standard InChI is InChI=1S/C28H30N2O4S/c1-18-6-9-23-15-24(28(31)29-26(23)14-18)17-30(16-22-7-10-25(34-5)11-8-22)35(32,33)27-20(3)12-19(2)13-21(27)4/h6-15H,16-17H2,1-5H3,(H,29,31).